The summed E-state index contributed by atoms with van der Waals surface area (Å²) in [4.78, 5) is 23.9. The Labute approximate surface area is 246 Å². The molecule has 1 aromatic carbocycles. The molecule has 232 valence electrons. The highest BCUT2D eigenvalue weighted by Crippen LogP contribution is 2.39. The molecule has 4 rings (SSSR count). The highest BCUT2D eigenvalue weighted by molar-refractivity contribution is 6.32. The molecule has 0 radical (unpaired) electrons. The lowest BCUT2D eigenvalue weighted by Crippen LogP contribution is -2.52. The summed E-state index contributed by atoms with van der Waals surface area (Å²) in [5.74, 6) is -3.95. The van der Waals surface area contributed by atoms with Gasteiger partial charge in [0.1, 0.15) is 5.02 Å². The summed E-state index contributed by atoms with van der Waals surface area (Å²) in [5.41, 5.74) is 0.575. The van der Waals surface area contributed by atoms with Crippen LogP contribution in [0, 0.1) is 11.8 Å². The van der Waals surface area contributed by atoms with Crippen molar-refractivity contribution in [1.29, 1.82) is 0 Å². The second-order valence-electron chi connectivity index (χ2n) is 11.7. The third-order valence-electron chi connectivity index (χ3n) is 7.58. The van der Waals surface area contributed by atoms with Crippen LogP contribution in [0.5, 0.6) is 0 Å². The fourth-order valence-electron chi connectivity index (χ4n) is 5.15. The normalized spacial score (nSPS) is 19.2. The molecule has 3 N–H and O–H groups in total. The van der Waals surface area contributed by atoms with Crippen molar-refractivity contribution in [2.24, 2.45) is 11.8 Å². The van der Waals surface area contributed by atoms with Crippen molar-refractivity contribution in [3.05, 3.63) is 39.9 Å². The number of fused-ring (bicyclic) bond motifs is 1. The zero-order chi connectivity index (χ0) is 30.8. The standard InChI is InChI=1S/C28H38ClF4N7O2/c1-17-15-38(16-18(2)28(17,32)33)25-35-13-20(29)24(37-25)36-19-6-7-21-22(12-19)40(11-8-27(3,4)42)26(41)39(21)10-5-9-34-14-23(30)31/h6-7,12-13,17-18,23,34,42H,5,8-11,14-16H2,1-4H3,(H,35,36,37)/t17-,18+. The van der Waals surface area contributed by atoms with Crippen LogP contribution < -0.4 is 21.2 Å². The molecule has 1 aliphatic rings. The molecule has 1 aliphatic heterocycles. The smallest absolute Gasteiger partial charge is 0.329 e. The van der Waals surface area contributed by atoms with Gasteiger partial charge in [0, 0.05) is 43.7 Å². The van der Waals surface area contributed by atoms with Gasteiger partial charge in [-0.1, -0.05) is 25.4 Å². The fraction of sp³-hybridized carbons (Fsp3) is 0.607. The molecular weight excluding hydrogens is 578 g/mol. The van der Waals surface area contributed by atoms with E-state index >= 15 is 0 Å². The number of aromatic nitrogens is 4. The van der Waals surface area contributed by atoms with E-state index in [1.54, 1.807) is 46.1 Å². The zero-order valence-corrected chi connectivity index (χ0v) is 24.9. The third-order valence-corrected chi connectivity index (χ3v) is 7.86. The maximum absolute atomic E-state index is 14.4. The molecule has 0 saturated carbocycles. The lowest BCUT2D eigenvalue weighted by Gasteiger charge is -2.41. The number of anilines is 3. The molecule has 0 aliphatic carbocycles. The zero-order valence-electron chi connectivity index (χ0n) is 24.2. The Morgan fingerprint density at radius 1 is 1.14 bits per heavy atom. The molecule has 9 nitrogen and oxygen atoms in total. The maximum atomic E-state index is 14.4. The number of nitrogens with zero attached hydrogens (tertiary/aromatic N) is 5. The van der Waals surface area contributed by atoms with Crippen LogP contribution in [0.1, 0.15) is 40.5 Å². The van der Waals surface area contributed by atoms with Crippen LogP contribution in [0.2, 0.25) is 5.02 Å². The topological polar surface area (TPSA) is 100 Å². The molecule has 0 amide bonds. The highest BCUT2D eigenvalue weighted by atomic mass is 35.5. The fourth-order valence-corrected chi connectivity index (χ4v) is 5.29. The van der Waals surface area contributed by atoms with E-state index < -0.39 is 36.3 Å². The Morgan fingerprint density at radius 2 is 1.81 bits per heavy atom. The van der Waals surface area contributed by atoms with Gasteiger partial charge in [-0.25, -0.2) is 27.3 Å². The molecule has 1 fully saturated rings. The first-order valence-electron chi connectivity index (χ1n) is 14.0. The number of aryl methyl sites for hydroxylation is 2. The summed E-state index contributed by atoms with van der Waals surface area (Å²) in [7, 11) is 0. The van der Waals surface area contributed by atoms with E-state index in [9.17, 15) is 27.5 Å². The molecular formula is C28H38ClF4N7O2. The van der Waals surface area contributed by atoms with Gasteiger partial charge in [-0.2, -0.15) is 4.98 Å². The number of halogens is 5. The van der Waals surface area contributed by atoms with Gasteiger partial charge in [0.15, 0.2) is 5.82 Å². The molecule has 2 atom stereocenters. The minimum Gasteiger partial charge on any atom is -0.390 e. The van der Waals surface area contributed by atoms with E-state index in [0.717, 1.165) is 0 Å². The minimum atomic E-state index is -2.78. The Bertz CT molecular complexity index is 1430. The van der Waals surface area contributed by atoms with E-state index in [1.165, 1.54) is 20.0 Å². The SMILES string of the molecule is C[C@@H]1CN(c2ncc(Cl)c(Nc3ccc4c(c3)n(CCC(C)(C)O)c(=O)n4CCCNCC(F)F)n2)C[C@H](C)C1(F)F. The second-order valence-corrected chi connectivity index (χ2v) is 12.1. The lowest BCUT2D eigenvalue weighted by molar-refractivity contribution is -0.105. The monoisotopic (exact) mass is 615 g/mol. The van der Waals surface area contributed by atoms with Gasteiger partial charge in [-0.15, -0.1) is 0 Å². The first-order valence-corrected chi connectivity index (χ1v) is 14.4. The lowest BCUT2D eigenvalue weighted by atomic mass is 9.87. The van der Waals surface area contributed by atoms with Gasteiger partial charge in [-0.05, 0) is 51.4 Å². The van der Waals surface area contributed by atoms with Crippen LogP contribution in [0.15, 0.2) is 29.2 Å². The second kappa shape index (κ2) is 12.8. The number of aliphatic hydroxyl groups is 1. The van der Waals surface area contributed by atoms with Crippen molar-refractivity contribution < 1.29 is 22.7 Å². The number of nitrogens with one attached hydrogen (secondary N) is 2. The molecule has 0 bridgehead atoms. The van der Waals surface area contributed by atoms with E-state index in [0.29, 0.717) is 42.7 Å². The molecule has 0 spiro atoms. The van der Waals surface area contributed by atoms with Crippen LogP contribution in [-0.4, -0.2) is 68.3 Å². The van der Waals surface area contributed by atoms with Gasteiger partial charge in [-0.3, -0.25) is 9.13 Å². The molecule has 2 aromatic heterocycles. The van der Waals surface area contributed by atoms with Crippen LogP contribution >= 0.6 is 11.6 Å². The minimum absolute atomic E-state index is 0.100. The van der Waals surface area contributed by atoms with Gasteiger partial charge in [0.05, 0.1) is 29.4 Å². The summed E-state index contributed by atoms with van der Waals surface area (Å²) < 4.78 is 56.8. The van der Waals surface area contributed by atoms with Gasteiger partial charge in [0.2, 0.25) is 5.95 Å². The number of alkyl halides is 4. The first kappa shape index (κ1) is 32.0. The summed E-state index contributed by atoms with van der Waals surface area (Å²) in [6.07, 6.45) is -0.230. The number of imidazole rings is 1. The van der Waals surface area contributed by atoms with Crippen molar-refractivity contribution >= 4 is 40.1 Å². The molecule has 1 saturated heterocycles. The van der Waals surface area contributed by atoms with Crippen LogP contribution in [0.4, 0.5) is 35.0 Å². The summed E-state index contributed by atoms with van der Waals surface area (Å²) in [5, 5.41) is 16.4. The molecule has 3 heterocycles. The molecule has 14 heteroatoms. The molecule has 3 aromatic rings. The average Bonchev–Trinajstić information content (AvgIpc) is 3.16. The average molecular weight is 616 g/mol. The van der Waals surface area contributed by atoms with E-state index in [4.69, 9.17) is 11.6 Å². The summed E-state index contributed by atoms with van der Waals surface area (Å²) in [6.45, 7) is 7.05. The maximum Gasteiger partial charge on any atom is 0.329 e. The van der Waals surface area contributed by atoms with Crippen LogP contribution in [0.25, 0.3) is 11.0 Å². The third kappa shape index (κ3) is 7.35. The molecule has 42 heavy (non-hydrogen) atoms. The Kier molecular flexibility index (Phi) is 9.73. The number of piperidine rings is 1. The van der Waals surface area contributed by atoms with Gasteiger partial charge >= 0.3 is 5.69 Å². The quantitative estimate of drug-likeness (QED) is 0.192. The predicted molar refractivity (Wildman–Crippen MR) is 156 cm³/mol. The number of rotatable bonds is 12. The summed E-state index contributed by atoms with van der Waals surface area (Å²) in [6, 6.07) is 5.31. The Morgan fingerprint density at radius 3 is 2.45 bits per heavy atom. The largest absolute Gasteiger partial charge is 0.390 e. The number of hydrogen-bond donors (Lipinski definition) is 3. The van der Waals surface area contributed by atoms with E-state index in [1.807, 2.05) is 0 Å². The van der Waals surface area contributed by atoms with E-state index in [-0.39, 0.29) is 42.1 Å². The van der Waals surface area contributed by atoms with Crippen molar-refractivity contribution in [2.45, 2.75) is 71.6 Å². The van der Waals surface area contributed by atoms with Crippen molar-refractivity contribution in [2.75, 3.05) is 36.4 Å². The van der Waals surface area contributed by atoms with Crippen molar-refractivity contribution in [3.63, 3.8) is 0 Å². The van der Waals surface area contributed by atoms with Gasteiger partial charge < -0.3 is 20.6 Å². The van der Waals surface area contributed by atoms with Crippen molar-refractivity contribution in [3.8, 4) is 0 Å². The van der Waals surface area contributed by atoms with Crippen LogP contribution in [0.3, 0.4) is 0 Å². The van der Waals surface area contributed by atoms with Gasteiger partial charge in [0.25, 0.3) is 12.3 Å². The van der Waals surface area contributed by atoms with Crippen molar-refractivity contribution in [1.82, 2.24) is 24.4 Å². The molecule has 0 unspecified atom stereocenters. The number of hydrogen-bond acceptors (Lipinski definition) is 7. The Balaban J connectivity index is 1.61. The van der Waals surface area contributed by atoms with E-state index in [2.05, 4.69) is 20.6 Å². The highest BCUT2D eigenvalue weighted by Gasteiger charge is 2.47. The predicted octanol–water partition coefficient (Wildman–Crippen LogP) is 5.12. The number of benzene rings is 1. The summed E-state index contributed by atoms with van der Waals surface area (Å²) >= 11 is 6.40. The Hall–Kier alpha value is -2.90. The van der Waals surface area contributed by atoms with Crippen LogP contribution in [-0.2, 0) is 13.1 Å². The first-order chi connectivity index (χ1) is 19.7.